The number of ether oxygens (including phenoxy) is 1. The maximum absolute atomic E-state index is 5.45. The van der Waals surface area contributed by atoms with Gasteiger partial charge in [0.05, 0.1) is 13.2 Å². The van der Waals surface area contributed by atoms with E-state index in [0.29, 0.717) is 6.04 Å². The van der Waals surface area contributed by atoms with Crippen molar-refractivity contribution in [1.82, 2.24) is 10.6 Å². The molecule has 0 spiro atoms. The Bertz CT molecular complexity index is 486. The summed E-state index contributed by atoms with van der Waals surface area (Å²) >= 11 is 0. The average molecular weight is 403 g/mol. The Hall–Kier alpha value is -0.980. The maximum Gasteiger partial charge on any atom is 0.191 e. The molecule has 2 N–H and O–H groups in total. The summed E-state index contributed by atoms with van der Waals surface area (Å²) in [4.78, 5) is 4.31. The van der Waals surface area contributed by atoms with Crippen molar-refractivity contribution in [1.29, 1.82) is 0 Å². The Kier molecular flexibility index (Phi) is 7.28. The maximum atomic E-state index is 5.45. The standard InChI is InChI=1S/C16H25N3O.HI/c1-11-8-9-15(20-4)14(10-11)12(2)18-16(17-3)19-13-6-5-7-13;/h8-10,12-13H,5-7H2,1-4H3,(H2,17,18,19);1H. The lowest BCUT2D eigenvalue weighted by molar-refractivity contribution is 0.377. The van der Waals surface area contributed by atoms with E-state index < -0.39 is 0 Å². The first-order valence-corrected chi connectivity index (χ1v) is 7.28. The summed E-state index contributed by atoms with van der Waals surface area (Å²) in [5.41, 5.74) is 2.39. The zero-order valence-corrected chi connectivity index (χ0v) is 15.6. The van der Waals surface area contributed by atoms with Gasteiger partial charge in [0.2, 0.25) is 0 Å². The molecule has 1 fully saturated rings. The quantitative estimate of drug-likeness (QED) is 0.460. The van der Waals surface area contributed by atoms with E-state index in [2.05, 4.69) is 41.6 Å². The van der Waals surface area contributed by atoms with Crippen LogP contribution in [0.25, 0.3) is 0 Å². The Morgan fingerprint density at radius 2 is 2.10 bits per heavy atom. The number of halogens is 1. The first-order valence-electron chi connectivity index (χ1n) is 7.28. The molecule has 0 bridgehead atoms. The smallest absolute Gasteiger partial charge is 0.191 e. The number of nitrogens with zero attached hydrogens (tertiary/aromatic N) is 1. The fourth-order valence-electron chi connectivity index (χ4n) is 2.39. The van der Waals surface area contributed by atoms with Crippen LogP contribution in [0, 0.1) is 6.92 Å². The third kappa shape index (κ3) is 4.76. The fraction of sp³-hybridized carbons (Fsp3) is 0.562. The normalized spacial score (nSPS) is 16.5. The van der Waals surface area contributed by atoms with Crippen molar-refractivity contribution in [2.24, 2.45) is 4.99 Å². The lowest BCUT2D eigenvalue weighted by Crippen LogP contribution is -2.46. The van der Waals surface area contributed by atoms with Gasteiger partial charge in [-0.25, -0.2) is 0 Å². The summed E-state index contributed by atoms with van der Waals surface area (Å²) in [6.07, 6.45) is 3.79. The minimum atomic E-state index is 0. The van der Waals surface area contributed by atoms with Crippen LogP contribution in [0.3, 0.4) is 0 Å². The molecule has 1 aromatic carbocycles. The van der Waals surface area contributed by atoms with Crippen molar-refractivity contribution >= 4 is 29.9 Å². The SMILES string of the molecule is CN=C(NC1CCC1)NC(C)c1cc(C)ccc1OC.I. The summed E-state index contributed by atoms with van der Waals surface area (Å²) < 4.78 is 5.45. The molecule has 5 heteroatoms. The van der Waals surface area contributed by atoms with Gasteiger partial charge in [0.15, 0.2) is 5.96 Å². The van der Waals surface area contributed by atoms with E-state index in [1.807, 2.05) is 13.1 Å². The molecule has 4 nitrogen and oxygen atoms in total. The number of hydrogen-bond donors (Lipinski definition) is 2. The molecule has 2 rings (SSSR count). The van der Waals surface area contributed by atoms with Gasteiger partial charge in [-0.3, -0.25) is 4.99 Å². The topological polar surface area (TPSA) is 45.7 Å². The summed E-state index contributed by atoms with van der Waals surface area (Å²) in [7, 11) is 3.52. The van der Waals surface area contributed by atoms with Gasteiger partial charge >= 0.3 is 0 Å². The van der Waals surface area contributed by atoms with Gasteiger partial charge in [-0.1, -0.05) is 17.7 Å². The van der Waals surface area contributed by atoms with Gasteiger partial charge in [0.25, 0.3) is 0 Å². The van der Waals surface area contributed by atoms with Crippen molar-refractivity contribution < 1.29 is 4.74 Å². The molecule has 1 unspecified atom stereocenters. The van der Waals surface area contributed by atoms with Crippen LogP contribution in [0.1, 0.15) is 43.4 Å². The zero-order valence-electron chi connectivity index (χ0n) is 13.3. The van der Waals surface area contributed by atoms with Gasteiger partial charge in [-0.15, -0.1) is 24.0 Å². The zero-order chi connectivity index (χ0) is 14.5. The number of rotatable bonds is 4. The van der Waals surface area contributed by atoms with Crippen LogP contribution in [-0.2, 0) is 0 Å². The molecule has 0 heterocycles. The van der Waals surface area contributed by atoms with E-state index in [1.165, 1.54) is 24.8 Å². The molecule has 1 atom stereocenters. The van der Waals surface area contributed by atoms with Crippen LogP contribution >= 0.6 is 24.0 Å². The second-order valence-corrected chi connectivity index (χ2v) is 5.46. The van der Waals surface area contributed by atoms with Crippen LogP contribution in [0.15, 0.2) is 23.2 Å². The number of methoxy groups -OCH3 is 1. The monoisotopic (exact) mass is 403 g/mol. The van der Waals surface area contributed by atoms with E-state index in [4.69, 9.17) is 4.74 Å². The molecule has 1 aliphatic rings. The largest absolute Gasteiger partial charge is 0.496 e. The van der Waals surface area contributed by atoms with Crippen molar-refractivity contribution in [2.45, 2.75) is 45.2 Å². The molecule has 0 saturated heterocycles. The molecular weight excluding hydrogens is 377 g/mol. The molecule has 118 valence electrons. The predicted molar refractivity (Wildman–Crippen MR) is 98.8 cm³/mol. The lowest BCUT2D eigenvalue weighted by Gasteiger charge is -2.29. The Morgan fingerprint density at radius 3 is 2.62 bits per heavy atom. The molecule has 1 saturated carbocycles. The molecule has 0 aliphatic heterocycles. The van der Waals surface area contributed by atoms with Gasteiger partial charge in [0, 0.05) is 18.7 Å². The number of aliphatic imine (C=N–C) groups is 1. The second-order valence-electron chi connectivity index (χ2n) is 5.46. The van der Waals surface area contributed by atoms with Crippen LogP contribution in [0.4, 0.5) is 0 Å². The average Bonchev–Trinajstić information content (AvgIpc) is 2.41. The number of hydrogen-bond acceptors (Lipinski definition) is 2. The van der Waals surface area contributed by atoms with Gasteiger partial charge in [-0.05, 0) is 39.2 Å². The first-order chi connectivity index (χ1) is 9.63. The van der Waals surface area contributed by atoms with E-state index in [9.17, 15) is 0 Å². The predicted octanol–water partition coefficient (Wildman–Crippen LogP) is 3.40. The van der Waals surface area contributed by atoms with Crippen molar-refractivity contribution in [3.63, 3.8) is 0 Å². The minimum absolute atomic E-state index is 0. The van der Waals surface area contributed by atoms with Crippen molar-refractivity contribution in [3.05, 3.63) is 29.3 Å². The summed E-state index contributed by atoms with van der Waals surface area (Å²) in [6, 6.07) is 6.97. The van der Waals surface area contributed by atoms with Crippen LogP contribution in [0.5, 0.6) is 5.75 Å². The molecule has 1 aliphatic carbocycles. The molecule has 1 aromatic rings. The molecular formula is C16H26IN3O. The molecule has 0 amide bonds. The van der Waals surface area contributed by atoms with Crippen LogP contribution in [-0.4, -0.2) is 26.2 Å². The third-order valence-corrected chi connectivity index (χ3v) is 3.87. The first kappa shape index (κ1) is 18.1. The van der Waals surface area contributed by atoms with E-state index in [1.54, 1.807) is 7.11 Å². The Morgan fingerprint density at radius 1 is 1.38 bits per heavy atom. The fourth-order valence-corrected chi connectivity index (χ4v) is 2.39. The Balaban J connectivity index is 0.00000220. The Labute approximate surface area is 144 Å². The van der Waals surface area contributed by atoms with E-state index >= 15 is 0 Å². The lowest BCUT2D eigenvalue weighted by atomic mass is 9.93. The highest BCUT2D eigenvalue weighted by Crippen LogP contribution is 2.26. The number of benzene rings is 1. The molecule has 21 heavy (non-hydrogen) atoms. The van der Waals surface area contributed by atoms with Gasteiger partial charge < -0.3 is 15.4 Å². The highest BCUT2D eigenvalue weighted by molar-refractivity contribution is 14.0. The van der Waals surface area contributed by atoms with Gasteiger partial charge in [0.1, 0.15) is 5.75 Å². The highest BCUT2D eigenvalue weighted by Gasteiger charge is 2.20. The summed E-state index contributed by atoms with van der Waals surface area (Å²) in [5.74, 6) is 1.78. The number of aryl methyl sites for hydroxylation is 1. The van der Waals surface area contributed by atoms with Crippen molar-refractivity contribution in [3.8, 4) is 5.75 Å². The molecule has 0 radical (unpaired) electrons. The third-order valence-electron chi connectivity index (χ3n) is 3.87. The molecule has 0 aromatic heterocycles. The van der Waals surface area contributed by atoms with Crippen molar-refractivity contribution in [2.75, 3.05) is 14.2 Å². The summed E-state index contributed by atoms with van der Waals surface area (Å²) in [5, 5.41) is 6.90. The summed E-state index contributed by atoms with van der Waals surface area (Å²) in [6.45, 7) is 4.22. The number of guanidine groups is 1. The van der Waals surface area contributed by atoms with Crippen LogP contribution < -0.4 is 15.4 Å². The minimum Gasteiger partial charge on any atom is -0.496 e. The van der Waals surface area contributed by atoms with E-state index in [-0.39, 0.29) is 30.0 Å². The number of nitrogens with one attached hydrogen (secondary N) is 2. The van der Waals surface area contributed by atoms with E-state index in [0.717, 1.165) is 17.3 Å². The van der Waals surface area contributed by atoms with Gasteiger partial charge in [-0.2, -0.15) is 0 Å². The highest BCUT2D eigenvalue weighted by atomic mass is 127. The van der Waals surface area contributed by atoms with Crippen LogP contribution in [0.2, 0.25) is 0 Å². The second kappa shape index (κ2) is 8.46.